The Morgan fingerprint density at radius 1 is 1.06 bits per heavy atom. The molecule has 0 bridgehead atoms. The number of amides is 2. The number of aromatic nitrogens is 4. The smallest absolute Gasteiger partial charge is 0.246 e. The highest BCUT2D eigenvalue weighted by atomic mass is 16.2. The lowest BCUT2D eigenvalue weighted by atomic mass is 10.1. The molecule has 1 N–H and O–H groups in total. The molecule has 0 spiro atoms. The van der Waals surface area contributed by atoms with Crippen molar-refractivity contribution >= 4 is 11.8 Å². The standard InChI is InChI=1S/C26H34N6O2/c1-6-22(25(34)27-26(3,4)5)31(17-16-20-10-8-7-9-11-20)23(33)18-32-29-24(28-30-32)21-14-12-19(2)13-15-21/h7-15,22H,6,16-18H2,1-5H3,(H,27,34)/t22-/m0/s1. The summed E-state index contributed by atoms with van der Waals surface area (Å²) >= 11 is 0. The van der Waals surface area contributed by atoms with E-state index in [0.29, 0.717) is 25.2 Å². The van der Waals surface area contributed by atoms with Gasteiger partial charge < -0.3 is 10.2 Å². The van der Waals surface area contributed by atoms with Crippen LogP contribution in [0.4, 0.5) is 0 Å². The predicted molar refractivity (Wildman–Crippen MR) is 132 cm³/mol. The first-order valence-electron chi connectivity index (χ1n) is 11.7. The number of hydrogen-bond acceptors (Lipinski definition) is 5. The van der Waals surface area contributed by atoms with E-state index in [1.54, 1.807) is 4.90 Å². The molecule has 3 aromatic rings. The van der Waals surface area contributed by atoms with Crippen molar-refractivity contribution in [3.05, 3.63) is 65.7 Å². The number of hydrogen-bond donors (Lipinski definition) is 1. The van der Waals surface area contributed by atoms with E-state index < -0.39 is 11.6 Å². The van der Waals surface area contributed by atoms with Crippen LogP contribution in [0, 0.1) is 6.92 Å². The molecule has 2 amide bonds. The number of carbonyl (C=O) groups is 2. The number of carbonyl (C=O) groups excluding carboxylic acids is 2. The number of nitrogens with zero attached hydrogens (tertiary/aromatic N) is 5. The van der Waals surface area contributed by atoms with Gasteiger partial charge >= 0.3 is 0 Å². The molecule has 0 saturated heterocycles. The number of benzene rings is 2. The molecular weight excluding hydrogens is 428 g/mol. The van der Waals surface area contributed by atoms with E-state index in [0.717, 1.165) is 16.7 Å². The fourth-order valence-corrected chi connectivity index (χ4v) is 3.69. The van der Waals surface area contributed by atoms with Crippen LogP contribution in [0.5, 0.6) is 0 Å². The second-order valence-electron chi connectivity index (χ2n) is 9.50. The lowest BCUT2D eigenvalue weighted by Gasteiger charge is -2.33. The number of aryl methyl sites for hydroxylation is 1. The quantitative estimate of drug-likeness (QED) is 0.526. The minimum atomic E-state index is -0.587. The molecular formula is C26H34N6O2. The molecule has 0 aliphatic rings. The maximum Gasteiger partial charge on any atom is 0.246 e. The molecule has 0 aliphatic heterocycles. The summed E-state index contributed by atoms with van der Waals surface area (Å²) in [5.41, 5.74) is 2.68. The normalized spacial score (nSPS) is 12.3. The van der Waals surface area contributed by atoms with Gasteiger partial charge in [0.15, 0.2) is 0 Å². The molecule has 2 aromatic carbocycles. The largest absolute Gasteiger partial charge is 0.350 e. The zero-order chi connectivity index (χ0) is 24.7. The minimum Gasteiger partial charge on any atom is -0.350 e. The van der Waals surface area contributed by atoms with Gasteiger partial charge in [-0.1, -0.05) is 67.1 Å². The van der Waals surface area contributed by atoms with Crippen molar-refractivity contribution in [1.82, 2.24) is 30.4 Å². The average molecular weight is 463 g/mol. The van der Waals surface area contributed by atoms with Crippen LogP contribution in [0.3, 0.4) is 0 Å². The molecule has 0 fully saturated rings. The van der Waals surface area contributed by atoms with E-state index in [2.05, 4.69) is 20.7 Å². The van der Waals surface area contributed by atoms with Crippen molar-refractivity contribution in [1.29, 1.82) is 0 Å². The van der Waals surface area contributed by atoms with Crippen molar-refractivity contribution in [3.63, 3.8) is 0 Å². The summed E-state index contributed by atoms with van der Waals surface area (Å²) in [7, 11) is 0. The van der Waals surface area contributed by atoms with Crippen LogP contribution in [0.2, 0.25) is 0 Å². The first-order chi connectivity index (χ1) is 16.2. The Morgan fingerprint density at radius 2 is 1.74 bits per heavy atom. The molecule has 8 heteroatoms. The Kier molecular flexibility index (Phi) is 8.15. The zero-order valence-corrected chi connectivity index (χ0v) is 20.7. The highest BCUT2D eigenvalue weighted by molar-refractivity contribution is 5.88. The molecule has 180 valence electrons. The van der Waals surface area contributed by atoms with Crippen molar-refractivity contribution < 1.29 is 9.59 Å². The summed E-state index contributed by atoms with van der Waals surface area (Å²) in [4.78, 5) is 29.4. The molecule has 1 atom stereocenters. The first-order valence-corrected chi connectivity index (χ1v) is 11.7. The van der Waals surface area contributed by atoms with Crippen LogP contribution in [0.1, 0.15) is 45.2 Å². The van der Waals surface area contributed by atoms with Gasteiger partial charge in [0.2, 0.25) is 17.6 Å². The number of rotatable bonds is 9. The van der Waals surface area contributed by atoms with Gasteiger partial charge in [-0.2, -0.15) is 4.80 Å². The maximum atomic E-state index is 13.4. The van der Waals surface area contributed by atoms with E-state index in [9.17, 15) is 9.59 Å². The fourth-order valence-electron chi connectivity index (χ4n) is 3.69. The summed E-state index contributed by atoms with van der Waals surface area (Å²) in [6, 6.07) is 17.2. The molecule has 34 heavy (non-hydrogen) atoms. The summed E-state index contributed by atoms with van der Waals surface area (Å²) in [6.45, 7) is 10.0. The third-order valence-electron chi connectivity index (χ3n) is 5.41. The van der Waals surface area contributed by atoms with Crippen molar-refractivity contribution in [2.24, 2.45) is 0 Å². The molecule has 1 aromatic heterocycles. The highest BCUT2D eigenvalue weighted by Crippen LogP contribution is 2.15. The summed E-state index contributed by atoms with van der Waals surface area (Å²) in [5.74, 6) is 0.0733. The topological polar surface area (TPSA) is 93.0 Å². The second-order valence-corrected chi connectivity index (χ2v) is 9.50. The Hall–Kier alpha value is -3.55. The highest BCUT2D eigenvalue weighted by Gasteiger charge is 2.30. The molecule has 0 aliphatic carbocycles. The SMILES string of the molecule is CC[C@@H](C(=O)NC(C)(C)C)N(CCc1ccccc1)C(=O)Cn1nnc(-c2ccc(C)cc2)n1. The van der Waals surface area contributed by atoms with Gasteiger partial charge in [0.1, 0.15) is 12.6 Å². The van der Waals surface area contributed by atoms with Gasteiger partial charge in [0.05, 0.1) is 0 Å². The third-order valence-corrected chi connectivity index (χ3v) is 5.41. The van der Waals surface area contributed by atoms with Crippen molar-refractivity contribution in [3.8, 4) is 11.4 Å². The zero-order valence-electron chi connectivity index (χ0n) is 20.7. The molecule has 0 saturated carbocycles. The van der Waals surface area contributed by atoms with Gasteiger partial charge in [0, 0.05) is 17.6 Å². The maximum absolute atomic E-state index is 13.4. The van der Waals surface area contributed by atoms with E-state index in [-0.39, 0.29) is 18.4 Å². The summed E-state index contributed by atoms with van der Waals surface area (Å²) < 4.78 is 0. The molecule has 3 rings (SSSR count). The van der Waals surface area contributed by atoms with E-state index in [1.165, 1.54) is 4.80 Å². The van der Waals surface area contributed by atoms with Crippen LogP contribution >= 0.6 is 0 Å². The van der Waals surface area contributed by atoms with Gasteiger partial charge in [-0.15, -0.1) is 10.2 Å². The Balaban J connectivity index is 1.79. The van der Waals surface area contributed by atoms with Gasteiger partial charge in [0.25, 0.3) is 0 Å². The Morgan fingerprint density at radius 3 is 2.35 bits per heavy atom. The summed E-state index contributed by atoms with van der Waals surface area (Å²) in [6.07, 6.45) is 1.15. The molecule has 0 radical (unpaired) electrons. The van der Waals surface area contributed by atoms with Crippen molar-refractivity contribution in [2.45, 2.75) is 65.6 Å². The van der Waals surface area contributed by atoms with Gasteiger partial charge in [-0.25, -0.2) is 0 Å². The van der Waals surface area contributed by atoms with Crippen LogP contribution in [0.15, 0.2) is 54.6 Å². The van der Waals surface area contributed by atoms with Crippen LogP contribution in [-0.4, -0.2) is 55.0 Å². The predicted octanol–water partition coefficient (Wildman–Crippen LogP) is 3.41. The number of tetrazole rings is 1. The summed E-state index contributed by atoms with van der Waals surface area (Å²) in [5, 5.41) is 15.6. The Bertz CT molecular complexity index is 1090. The first kappa shape index (κ1) is 25.1. The van der Waals surface area contributed by atoms with Crippen LogP contribution in [-0.2, 0) is 22.6 Å². The fraction of sp³-hybridized carbons (Fsp3) is 0.423. The molecule has 1 heterocycles. The average Bonchev–Trinajstić information content (AvgIpc) is 3.24. The minimum absolute atomic E-state index is 0.0903. The van der Waals surface area contributed by atoms with E-state index in [1.807, 2.05) is 89.2 Å². The lowest BCUT2D eigenvalue weighted by Crippen LogP contribution is -2.54. The molecule has 0 unspecified atom stereocenters. The van der Waals surface area contributed by atoms with Gasteiger partial charge in [-0.05, 0) is 51.3 Å². The third kappa shape index (κ3) is 6.97. The van der Waals surface area contributed by atoms with Crippen LogP contribution < -0.4 is 5.32 Å². The molecule has 8 nitrogen and oxygen atoms in total. The van der Waals surface area contributed by atoms with Crippen molar-refractivity contribution in [2.75, 3.05) is 6.54 Å². The monoisotopic (exact) mass is 462 g/mol. The Labute approximate surface area is 201 Å². The lowest BCUT2D eigenvalue weighted by molar-refractivity contribution is -0.142. The van der Waals surface area contributed by atoms with Crippen LogP contribution in [0.25, 0.3) is 11.4 Å². The second kappa shape index (κ2) is 11.0. The van der Waals surface area contributed by atoms with E-state index >= 15 is 0 Å². The number of nitrogens with one attached hydrogen (secondary N) is 1. The van der Waals surface area contributed by atoms with Gasteiger partial charge in [-0.3, -0.25) is 9.59 Å². The van der Waals surface area contributed by atoms with E-state index in [4.69, 9.17) is 0 Å².